The van der Waals surface area contributed by atoms with Gasteiger partial charge in [-0.2, -0.15) is 13.2 Å². The molecule has 2 heterocycles. The molecule has 34 heavy (non-hydrogen) atoms. The molecule has 1 fully saturated rings. The van der Waals surface area contributed by atoms with E-state index in [0.29, 0.717) is 37.0 Å². The first-order valence-corrected chi connectivity index (χ1v) is 10.5. The molecule has 2 N–H and O–H groups in total. The number of carbonyl (C=O) groups excluding carboxylic acids is 1. The second kappa shape index (κ2) is 11.1. The van der Waals surface area contributed by atoms with Crippen molar-refractivity contribution in [3.05, 3.63) is 72.2 Å². The molecule has 0 atom stereocenters. The molecule has 0 spiro atoms. The van der Waals surface area contributed by atoms with E-state index in [9.17, 15) is 18.0 Å². The minimum atomic E-state index is -4.52. The largest absolute Gasteiger partial charge is 0.438 e. The molecule has 1 aliphatic carbocycles. The van der Waals surface area contributed by atoms with Crippen molar-refractivity contribution in [2.24, 2.45) is 0 Å². The predicted molar refractivity (Wildman–Crippen MR) is 122 cm³/mol. The summed E-state index contributed by atoms with van der Waals surface area (Å²) in [7, 11) is 0. The third kappa shape index (κ3) is 6.57. The normalized spacial score (nSPS) is 17.9. The molecule has 1 aromatic carbocycles. The van der Waals surface area contributed by atoms with Gasteiger partial charge in [-0.05, 0) is 56.0 Å². The quantitative estimate of drug-likeness (QED) is 0.487. The lowest BCUT2D eigenvalue weighted by atomic mass is 9.91. The maximum absolute atomic E-state index is 12.9. The van der Waals surface area contributed by atoms with Crippen LogP contribution in [0.25, 0.3) is 0 Å². The number of hydrogen-bond donors (Lipinski definition) is 2. The topological polar surface area (TPSA) is 89.0 Å². The van der Waals surface area contributed by atoms with Gasteiger partial charge in [0.05, 0.1) is 0 Å². The number of nitrogens with one attached hydrogen (secondary N) is 2. The molecule has 1 saturated carbocycles. The number of amides is 1. The number of pyridine rings is 1. The van der Waals surface area contributed by atoms with Crippen molar-refractivity contribution in [2.45, 2.75) is 43.9 Å². The van der Waals surface area contributed by atoms with Gasteiger partial charge in [0.25, 0.3) is 5.91 Å². The number of benzene rings is 1. The summed E-state index contributed by atoms with van der Waals surface area (Å²) < 4.78 is 44.3. The molecule has 1 aliphatic rings. The average Bonchev–Trinajstić information content (AvgIpc) is 2.81. The first-order chi connectivity index (χ1) is 15.9. The number of aromatic nitrogens is 3. The molecule has 0 aliphatic heterocycles. The van der Waals surface area contributed by atoms with Crippen molar-refractivity contribution in [1.29, 1.82) is 0 Å². The SMILES string of the molecule is Cl.O=C(NC1CCC(Nc2nccc(C(F)(F)F)n2)CC1)c1cccnc1Oc1ccccc1. The first kappa shape index (κ1) is 25.2. The lowest BCUT2D eigenvalue weighted by molar-refractivity contribution is -0.141. The lowest BCUT2D eigenvalue weighted by Gasteiger charge is -2.29. The molecule has 7 nitrogen and oxygen atoms in total. The van der Waals surface area contributed by atoms with Crippen LogP contribution in [0.5, 0.6) is 11.6 Å². The van der Waals surface area contributed by atoms with Gasteiger partial charge in [0.2, 0.25) is 11.8 Å². The van der Waals surface area contributed by atoms with Gasteiger partial charge >= 0.3 is 6.18 Å². The molecule has 1 amide bonds. The van der Waals surface area contributed by atoms with Gasteiger partial charge in [0, 0.05) is 24.5 Å². The van der Waals surface area contributed by atoms with Crippen LogP contribution >= 0.6 is 12.4 Å². The predicted octanol–water partition coefficient (Wildman–Crippen LogP) is 5.26. The van der Waals surface area contributed by atoms with Gasteiger partial charge < -0.3 is 15.4 Å². The van der Waals surface area contributed by atoms with Gasteiger partial charge in [0.15, 0.2) is 0 Å². The number of alkyl halides is 3. The van der Waals surface area contributed by atoms with E-state index in [1.165, 1.54) is 0 Å². The molecule has 2 aromatic heterocycles. The molecule has 4 rings (SSSR count). The fourth-order valence-electron chi connectivity index (χ4n) is 3.66. The van der Waals surface area contributed by atoms with E-state index in [-0.39, 0.29) is 42.2 Å². The summed E-state index contributed by atoms with van der Waals surface area (Å²) in [6.07, 6.45) is 0.774. The number of para-hydroxylation sites is 1. The summed E-state index contributed by atoms with van der Waals surface area (Å²) in [4.78, 5) is 24.5. The van der Waals surface area contributed by atoms with E-state index < -0.39 is 11.9 Å². The molecule has 3 aromatic rings. The van der Waals surface area contributed by atoms with Crippen LogP contribution in [0.2, 0.25) is 0 Å². The third-order valence-electron chi connectivity index (χ3n) is 5.32. The van der Waals surface area contributed by atoms with Crippen molar-refractivity contribution in [1.82, 2.24) is 20.3 Å². The Balaban J connectivity index is 0.00000324. The number of ether oxygens (including phenoxy) is 1. The van der Waals surface area contributed by atoms with Crippen LogP contribution in [0, 0.1) is 0 Å². The van der Waals surface area contributed by atoms with E-state index in [0.717, 1.165) is 12.3 Å². The zero-order chi connectivity index (χ0) is 23.3. The van der Waals surface area contributed by atoms with Crippen LogP contribution in [-0.4, -0.2) is 32.9 Å². The minimum Gasteiger partial charge on any atom is -0.438 e. The highest BCUT2D eigenvalue weighted by atomic mass is 35.5. The van der Waals surface area contributed by atoms with Crippen LogP contribution in [-0.2, 0) is 6.18 Å². The zero-order valence-corrected chi connectivity index (χ0v) is 18.8. The van der Waals surface area contributed by atoms with Crippen LogP contribution in [0.1, 0.15) is 41.7 Å². The van der Waals surface area contributed by atoms with Crippen molar-refractivity contribution >= 4 is 24.3 Å². The van der Waals surface area contributed by atoms with Crippen LogP contribution in [0.4, 0.5) is 19.1 Å². The van der Waals surface area contributed by atoms with E-state index in [2.05, 4.69) is 25.6 Å². The zero-order valence-electron chi connectivity index (χ0n) is 18.0. The number of rotatable bonds is 6. The van der Waals surface area contributed by atoms with E-state index in [4.69, 9.17) is 4.74 Å². The molecule has 11 heteroatoms. The number of nitrogens with zero attached hydrogens (tertiary/aromatic N) is 3. The molecule has 0 unspecified atom stereocenters. The Hall–Kier alpha value is -3.40. The Morgan fingerprint density at radius 2 is 1.62 bits per heavy atom. The van der Waals surface area contributed by atoms with Crippen LogP contribution in [0.3, 0.4) is 0 Å². The summed E-state index contributed by atoms with van der Waals surface area (Å²) in [6.45, 7) is 0. The van der Waals surface area contributed by atoms with Crippen molar-refractivity contribution < 1.29 is 22.7 Å². The molecular weight excluding hydrogens is 471 g/mol. The third-order valence-corrected chi connectivity index (χ3v) is 5.32. The van der Waals surface area contributed by atoms with Gasteiger partial charge in [-0.1, -0.05) is 18.2 Å². The summed E-state index contributed by atoms with van der Waals surface area (Å²) >= 11 is 0. The maximum atomic E-state index is 12.9. The Morgan fingerprint density at radius 3 is 2.32 bits per heavy atom. The second-order valence-electron chi connectivity index (χ2n) is 7.70. The summed E-state index contributed by atoms with van der Waals surface area (Å²) in [5.74, 6) is 0.467. The Bertz CT molecular complexity index is 1090. The van der Waals surface area contributed by atoms with Gasteiger partial charge in [-0.25, -0.2) is 15.0 Å². The Kier molecular flexibility index (Phi) is 8.27. The highest BCUT2D eigenvalue weighted by Gasteiger charge is 2.33. The maximum Gasteiger partial charge on any atom is 0.433 e. The van der Waals surface area contributed by atoms with Crippen molar-refractivity contribution in [3.8, 4) is 11.6 Å². The van der Waals surface area contributed by atoms with Crippen LogP contribution < -0.4 is 15.4 Å². The lowest BCUT2D eigenvalue weighted by Crippen LogP contribution is -2.40. The Morgan fingerprint density at radius 1 is 0.912 bits per heavy atom. The molecule has 180 valence electrons. The van der Waals surface area contributed by atoms with E-state index in [1.807, 2.05) is 18.2 Å². The highest BCUT2D eigenvalue weighted by molar-refractivity contribution is 5.96. The standard InChI is InChI=1S/C23H22F3N5O2.ClH/c24-23(25,26)19-12-14-28-22(31-19)30-16-10-8-15(9-11-16)29-20(32)18-7-4-13-27-21(18)33-17-5-2-1-3-6-17;/h1-7,12-16H,8-11H2,(H,29,32)(H,28,30,31);1H. The summed E-state index contributed by atoms with van der Waals surface area (Å²) in [6, 6.07) is 13.1. The van der Waals surface area contributed by atoms with Gasteiger partial charge in [0.1, 0.15) is 17.0 Å². The number of carbonyl (C=O) groups is 1. The monoisotopic (exact) mass is 493 g/mol. The number of halogens is 4. The van der Waals surface area contributed by atoms with Gasteiger partial charge in [-0.15, -0.1) is 12.4 Å². The first-order valence-electron chi connectivity index (χ1n) is 10.5. The second-order valence-corrected chi connectivity index (χ2v) is 7.70. The highest BCUT2D eigenvalue weighted by Crippen LogP contribution is 2.29. The summed E-state index contributed by atoms with van der Waals surface area (Å²) in [5, 5.41) is 5.98. The van der Waals surface area contributed by atoms with Crippen molar-refractivity contribution in [2.75, 3.05) is 5.32 Å². The molecule has 0 saturated heterocycles. The fraction of sp³-hybridized carbons (Fsp3) is 0.304. The van der Waals surface area contributed by atoms with Crippen molar-refractivity contribution in [3.63, 3.8) is 0 Å². The summed E-state index contributed by atoms with van der Waals surface area (Å²) in [5.41, 5.74) is -0.648. The molecule has 0 radical (unpaired) electrons. The van der Waals surface area contributed by atoms with E-state index >= 15 is 0 Å². The fourth-order valence-corrected chi connectivity index (χ4v) is 3.66. The number of anilines is 1. The Labute approximate surface area is 200 Å². The van der Waals surface area contributed by atoms with Crippen LogP contribution in [0.15, 0.2) is 60.9 Å². The smallest absolute Gasteiger partial charge is 0.433 e. The average molecular weight is 494 g/mol. The van der Waals surface area contributed by atoms with E-state index in [1.54, 1.807) is 30.5 Å². The molecular formula is C23H23ClF3N5O2. The number of hydrogen-bond acceptors (Lipinski definition) is 6. The minimum absolute atomic E-state index is 0. The molecule has 0 bridgehead atoms. The van der Waals surface area contributed by atoms with Gasteiger partial charge in [-0.3, -0.25) is 4.79 Å².